The zero-order valence-electron chi connectivity index (χ0n) is 11.4. The Kier molecular flexibility index (Phi) is 4.50. The molecule has 0 spiro atoms. The topological polar surface area (TPSA) is 23.6 Å². The van der Waals surface area contributed by atoms with Crippen molar-refractivity contribution in [1.29, 1.82) is 0 Å². The van der Waals surface area contributed by atoms with Gasteiger partial charge in [0, 0.05) is 39.1 Å². The number of rotatable bonds is 4. The van der Waals surface area contributed by atoms with Crippen molar-refractivity contribution in [2.45, 2.75) is 19.9 Å². The van der Waals surface area contributed by atoms with E-state index >= 15 is 0 Å². The molecular formula is C15H22N2O. The SMILES string of the molecule is CC(=O)Cc1ccccc1CN1CCN(C)CC1. The lowest BCUT2D eigenvalue weighted by Crippen LogP contribution is -2.44. The average Bonchev–Trinajstić information content (AvgIpc) is 2.34. The van der Waals surface area contributed by atoms with Crippen LogP contribution in [0.25, 0.3) is 0 Å². The van der Waals surface area contributed by atoms with Gasteiger partial charge in [-0.2, -0.15) is 0 Å². The maximum atomic E-state index is 11.3. The summed E-state index contributed by atoms with van der Waals surface area (Å²) in [4.78, 5) is 16.1. The zero-order chi connectivity index (χ0) is 13.0. The molecule has 1 saturated heterocycles. The molecule has 3 heteroatoms. The van der Waals surface area contributed by atoms with Crippen LogP contribution in [0.4, 0.5) is 0 Å². The summed E-state index contributed by atoms with van der Waals surface area (Å²) in [5.41, 5.74) is 2.49. The van der Waals surface area contributed by atoms with Crippen molar-refractivity contribution in [3.05, 3.63) is 35.4 Å². The molecule has 1 fully saturated rings. The van der Waals surface area contributed by atoms with Gasteiger partial charge in [0.05, 0.1) is 0 Å². The second kappa shape index (κ2) is 6.12. The lowest BCUT2D eigenvalue weighted by Gasteiger charge is -2.32. The summed E-state index contributed by atoms with van der Waals surface area (Å²) in [6.45, 7) is 7.13. The first kappa shape index (κ1) is 13.2. The fraction of sp³-hybridized carbons (Fsp3) is 0.533. The monoisotopic (exact) mass is 246 g/mol. The van der Waals surface area contributed by atoms with Crippen molar-refractivity contribution in [2.75, 3.05) is 33.2 Å². The van der Waals surface area contributed by atoms with Crippen LogP contribution in [0.3, 0.4) is 0 Å². The number of hydrogen-bond donors (Lipinski definition) is 0. The van der Waals surface area contributed by atoms with Crippen molar-refractivity contribution in [1.82, 2.24) is 9.80 Å². The summed E-state index contributed by atoms with van der Waals surface area (Å²) in [7, 11) is 2.17. The van der Waals surface area contributed by atoms with Crippen LogP contribution >= 0.6 is 0 Å². The van der Waals surface area contributed by atoms with Crippen molar-refractivity contribution in [3.63, 3.8) is 0 Å². The molecule has 0 amide bonds. The van der Waals surface area contributed by atoms with Crippen LogP contribution in [0.5, 0.6) is 0 Å². The molecule has 1 aromatic carbocycles. The normalized spacial score (nSPS) is 17.9. The molecule has 2 rings (SSSR count). The average molecular weight is 246 g/mol. The van der Waals surface area contributed by atoms with Crippen molar-refractivity contribution < 1.29 is 4.79 Å². The van der Waals surface area contributed by atoms with E-state index in [-0.39, 0.29) is 5.78 Å². The van der Waals surface area contributed by atoms with Gasteiger partial charge in [-0.3, -0.25) is 9.69 Å². The number of likely N-dealkylation sites (N-methyl/N-ethyl adjacent to an activating group) is 1. The molecule has 0 saturated carbocycles. The number of hydrogen-bond acceptors (Lipinski definition) is 3. The van der Waals surface area contributed by atoms with E-state index in [1.165, 1.54) is 11.1 Å². The summed E-state index contributed by atoms with van der Waals surface area (Å²) in [6, 6.07) is 8.31. The Morgan fingerprint density at radius 1 is 1.11 bits per heavy atom. The van der Waals surface area contributed by atoms with Crippen molar-refractivity contribution in [2.24, 2.45) is 0 Å². The van der Waals surface area contributed by atoms with Gasteiger partial charge in [-0.05, 0) is 25.1 Å². The molecule has 0 radical (unpaired) electrons. The van der Waals surface area contributed by atoms with Gasteiger partial charge in [0.2, 0.25) is 0 Å². The number of nitrogens with zero attached hydrogens (tertiary/aromatic N) is 2. The van der Waals surface area contributed by atoms with Crippen molar-refractivity contribution in [3.8, 4) is 0 Å². The predicted molar refractivity (Wildman–Crippen MR) is 73.6 cm³/mol. The first-order valence-electron chi connectivity index (χ1n) is 6.62. The minimum atomic E-state index is 0.237. The van der Waals surface area contributed by atoms with E-state index in [0.717, 1.165) is 32.7 Å². The molecule has 0 unspecified atom stereocenters. The third kappa shape index (κ3) is 3.65. The molecular weight excluding hydrogens is 224 g/mol. The van der Waals surface area contributed by atoms with Crippen LogP contribution in [0.15, 0.2) is 24.3 Å². The number of carbonyl (C=O) groups excluding carboxylic acids is 1. The second-order valence-corrected chi connectivity index (χ2v) is 5.23. The van der Waals surface area contributed by atoms with Gasteiger partial charge in [-0.25, -0.2) is 0 Å². The number of piperazine rings is 1. The lowest BCUT2D eigenvalue weighted by molar-refractivity contribution is -0.116. The maximum Gasteiger partial charge on any atom is 0.134 e. The quantitative estimate of drug-likeness (QED) is 0.805. The number of Topliss-reactive ketones (excluding diaryl/α,β-unsaturated/α-hetero) is 1. The van der Waals surface area contributed by atoms with E-state index in [0.29, 0.717) is 6.42 Å². The molecule has 98 valence electrons. The van der Waals surface area contributed by atoms with E-state index in [1.54, 1.807) is 6.92 Å². The van der Waals surface area contributed by atoms with Crippen LogP contribution < -0.4 is 0 Å². The molecule has 1 aliphatic rings. The number of ketones is 1. The van der Waals surface area contributed by atoms with Gasteiger partial charge in [0.15, 0.2) is 0 Å². The maximum absolute atomic E-state index is 11.3. The highest BCUT2D eigenvalue weighted by Crippen LogP contribution is 2.14. The fourth-order valence-electron chi connectivity index (χ4n) is 2.40. The van der Waals surface area contributed by atoms with Gasteiger partial charge in [0.25, 0.3) is 0 Å². The Morgan fingerprint density at radius 2 is 1.72 bits per heavy atom. The lowest BCUT2D eigenvalue weighted by atomic mass is 10.0. The van der Waals surface area contributed by atoms with Gasteiger partial charge in [0.1, 0.15) is 5.78 Å². The second-order valence-electron chi connectivity index (χ2n) is 5.23. The highest BCUT2D eigenvalue weighted by atomic mass is 16.1. The summed E-state index contributed by atoms with van der Waals surface area (Å²) in [6.07, 6.45) is 0.559. The number of benzene rings is 1. The standard InChI is InChI=1S/C15H22N2O/c1-13(18)11-14-5-3-4-6-15(14)12-17-9-7-16(2)8-10-17/h3-6H,7-12H2,1-2H3. The Morgan fingerprint density at radius 3 is 2.33 bits per heavy atom. The van der Waals surface area contributed by atoms with E-state index in [1.807, 2.05) is 6.07 Å². The zero-order valence-corrected chi connectivity index (χ0v) is 11.4. The molecule has 0 N–H and O–H groups in total. The Labute approximate surface area is 109 Å². The Bertz CT molecular complexity index is 409. The minimum Gasteiger partial charge on any atom is -0.304 e. The summed E-state index contributed by atoms with van der Waals surface area (Å²) >= 11 is 0. The summed E-state index contributed by atoms with van der Waals surface area (Å²) < 4.78 is 0. The van der Waals surface area contributed by atoms with E-state index in [4.69, 9.17) is 0 Å². The minimum absolute atomic E-state index is 0.237. The van der Waals surface area contributed by atoms with Gasteiger partial charge in [-0.1, -0.05) is 24.3 Å². The first-order valence-corrected chi connectivity index (χ1v) is 6.62. The molecule has 0 aromatic heterocycles. The third-order valence-electron chi connectivity index (χ3n) is 3.55. The Hall–Kier alpha value is -1.19. The fourth-order valence-corrected chi connectivity index (χ4v) is 2.40. The summed E-state index contributed by atoms with van der Waals surface area (Å²) in [5.74, 6) is 0.237. The van der Waals surface area contributed by atoms with Crippen LogP contribution in [-0.2, 0) is 17.8 Å². The molecule has 18 heavy (non-hydrogen) atoms. The first-order chi connectivity index (χ1) is 8.65. The molecule has 0 bridgehead atoms. The largest absolute Gasteiger partial charge is 0.304 e. The van der Waals surface area contributed by atoms with E-state index < -0.39 is 0 Å². The van der Waals surface area contributed by atoms with Gasteiger partial charge < -0.3 is 4.90 Å². The molecule has 0 aliphatic carbocycles. The van der Waals surface area contributed by atoms with Gasteiger partial charge in [-0.15, -0.1) is 0 Å². The molecule has 1 aliphatic heterocycles. The third-order valence-corrected chi connectivity index (χ3v) is 3.55. The van der Waals surface area contributed by atoms with E-state index in [2.05, 4.69) is 35.0 Å². The molecule has 1 heterocycles. The molecule has 3 nitrogen and oxygen atoms in total. The van der Waals surface area contributed by atoms with Crippen molar-refractivity contribution >= 4 is 5.78 Å². The van der Waals surface area contributed by atoms with E-state index in [9.17, 15) is 4.79 Å². The van der Waals surface area contributed by atoms with Gasteiger partial charge >= 0.3 is 0 Å². The van der Waals surface area contributed by atoms with Crippen LogP contribution in [0.1, 0.15) is 18.1 Å². The Balaban J connectivity index is 2.02. The van der Waals surface area contributed by atoms with Crippen LogP contribution in [0.2, 0.25) is 0 Å². The number of carbonyl (C=O) groups is 1. The highest BCUT2D eigenvalue weighted by Gasteiger charge is 2.15. The van der Waals surface area contributed by atoms with Crippen LogP contribution in [0, 0.1) is 0 Å². The smallest absolute Gasteiger partial charge is 0.134 e. The molecule has 1 aromatic rings. The summed E-state index contributed by atoms with van der Waals surface area (Å²) in [5, 5.41) is 0. The van der Waals surface area contributed by atoms with Crippen LogP contribution in [-0.4, -0.2) is 48.8 Å². The highest BCUT2D eigenvalue weighted by molar-refractivity contribution is 5.78. The molecule has 0 atom stereocenters. The predicted octanol–water partition coefficient (Wildman–Crippen LogP) is 1.57.